The Kier molecular flexibility index (Phi) is 5.55. The Labute approximate surface area is 156 Å². The number of para-hydroxylation sites is 2. The lowest BCUT2D eigenvalue weighted by Crippen LogP contribution is -2.27. The molecule has 27 heavy (non-hydrogen) atoms. The van der Waals surface area contributed by atoms with E-state index in [-0.39, 0.29) is 25.0 Å². The lowest BCUT2D eigenvalue weighted by Gasteiger charge is -2.18. The predicted octanol–water partition coefficient (Wildman–Crippen LogP) is 1.98. The number of anilines is 2. The van der Waals surface area contributed by atoms with E-state index in [1.807, 2.05) is 24.3 Å². The number of fused-ring (bicyclic) bond motifs is 1. The number of hydrogen-bond acceptors (Lipinski definition) is 6. The van der Waals surface area contributed by atoms with Crippen LogP contribution in [0.15, 0.2) is 47.6 Å². The summed E-state index contributed by atoms with van der Waals surface area (Å²) < 4.78 is 10.5. The van der Waals surface area contributed by atoms with Gasteiger partial charge in [-0.3, -0.25) is 9.59 Å². The Hall–Kier alpha value is -3.55. The molecule has 0 atom stereocenters. The van der Waals surface area contributed by atoms with E-state index in [1.54, 1.807) is 32.2 Å². The zero-order chi connectivity index (χ0) is 19.2. The Morgan fingerprint density at radius 3 is 2.93 bits per heavy atom. The number of carbonyl (C=O) groups is 2. The van der Waals surface area contributed by atoms with Crippen LogP contribution in [0.1, 0.15) is 12.5 Å². The van der Waals surface area contributed by atoms with Gasteiger partial charge in [0.25, 0.3) is 11.8 Å². The molecular formula is C19H20N4O4. The first-order valence-electron chi connectivity index (χ1n) is 8.34. The normalized spacial score (nSPS) is 13.1. The van der Waals surface area contributed by atoms with E-state index in [0.717, 1.165) is 11.3 Å². The molecule has 1 aliphatic heterocycles. The lowest BCUT2D eigenvalue weighted by atomic mass is 10.1. The molecule has 3 rings (SSSR count). The summed E-state index contributed by atoms with van der Waals surface area (Å²) in [6.07, 6.45) is 0. The topological polar surface area (TPSA) is 101 Å². The summed E-state index contributed by atoms with van der Waals surface area (Å²) in [4.78, 5) is 23.4. The molecule has 1 heterocycles. The molecule has 2 aromatic rings. The first-order chi connectivity index (χ1) is 13.1. The van der Waals surface area contributed by atoms with Crippen LogP contribution in [0.4, 0.5) is 11.4 Å². The van der Waals surface area contributed by atoms with Crippen LogP contribution in [0.2, 0.25) is 0 Å². The number of methoxy groups -OCH3 is 1. The van der Waals surface area contributed by atoms with Crippen molar-refractivity contribution in [3.05, 3.63) is 48.0 Å². The molecule has 0 spiro atoms. The van der Waals surface area contributed by atoms with Crippen LogP contribution in [0, 0.1) is 0 Å². The van der Waals surface area contributed by atoms with Crippen LogP contribution < -0.4 is 25.5 Å². The minimum absolute atomic E-state index is 0.00861. The van der Waals surface area contributed by atoms with Gasteiger partial charge in [0, 0.05) is 0 Å². The van der Waals surface area contributed by atoms with E-state index in [9.17, 15) is 9.59 Å². The summed E-state index contributed by atoms with van der Waals surface area (Å²) in [5.41, 5.74) is 5.18. The minimum Gasteiger partial charge on any atom is -0.495 e. The lowest BCUT2D eigenvalue weighted by molar-refractivity contribution is -0.119. The van der Waals surface area contributed by atoms with E-state index in [0.29, 0.717) is 22.9 Å². The number of nitrogens with zero attached hydrogens (tertiary/aromatic N) is 1. The smallest absolute Gasteiger partial charge is 0.262 e. The van der Waals surface area contributed by atoms with Crippen molar-refractivity contribution in [1.82, 2.24) is 5.43 Å². The highest BCUT2D eigenvalue weighted by atomic mass is 16.5. The van der Waals surface area contributed by atoms with E-state index >= 15 is 0 Å². The number of rotatable bonds is 6. The fourth-order valence-electron chi connectivity index (χ4n) is 2.52. The van der Waals surface area contributed by atoms with Crippen molar-refractivity contribution in [3.63, 3.8) is 0 Å². The van der Waals surface area contributed by atoms with Crippen molar-refractivity contribution >= 4 is 28.9 Å². The number of hydrogen-bond donors (Lipinski definition) is 3. The molecule has 0 unspecified atom stereocenters. The van der Waals surface area contributed by atoms with Crippen LogP contribution in [0.25, 0.3) is 0 Å². The van der Waals surface area contributed by atoms with Gasteiger partial charge in [0.1, 0.15) is 11.5 Å². The molecule has 2 aromatic carbocycles. The average molecular weight is 368 g/mol. The minimum atomic E-state index is -0.296. The van der Waals surface area contributed by atoms with Gasteiger partial charge in [-0.25, -0.2) is 5.43 Å². The molecule has 0 bridgehead atoms. The molecule has 0 aliphatic carbocycles. The third-order valence-electron chi connectivity index (χ3n) is 3.92. The molecule has 0 saturated carbocycles. The first-order valence-corrected chi connectivity index (χ1v) is 8.34. The monoisotopic (exact) mass is 368 g/mol. The van der Waals surface area contributed by atoms with Gasteiger partial charge in [0.05, 0.1) is 30.7 Å². The van der Waals surface area contributed by atoms with E-state index < -0.39 is 0 Å². The highest BCUT2D eigenvalue weighted by Gasteiger charge is 2.16. The second-order valence-corrected chi connectivity index (χ2v) is 5.83. The zero-order valence-electron chi connectivity index (χ0n) is 15.0. The third-order valence-corrected chi connectivity index (χ3v) is 3.92. The van der Waals surface area contributed by atoms with Gasteiger partial charge in [-0.2, -0.15) is 5.10 Å². The van der Waals surface area contributed by atoms with Crippen molar-refractivity contribution in [2.45, 2.75) is 6.92 Å². The molecule has 8 nitrogen and oxygen atoms in total. The Morgan fingerprint density at radius 2 is 2.11 bits per heavy atom. The van der Waals surface area contributed by atoms with Crippen molar-refractivity contribution in [1.29, 1.82) is 0 Å². The van der Waals surface area contributed by atoms with Gasteiger partial charge in [-0.05, 0) is 42.8 Å². The maximum Gasteiger partial charge on any atom is 0.262 e. The van der Waals surface area contributed by atoms with Crippen LogP contribution in [-0.4, -0.2) is 37.8 Å². The summed E-state index contributed by atoms with van der Waals surface area (Å²) in [7, 11) is 1.57. The van der Waals surface area contributed by atoms with E-state index in [1.165, 1.54) is 0 Å². The zero-order valence-corrected chi connectivity index (χ0v) is 15.0. The maximum absolute atomic E-state index is 12.0. The molecule has 0 radical (unpaired) electrons. The highest BCUT2D eigenvalue weighted by Crippen LogP contribution is 2.28. The molecule has 1 aliphatic rings. The van der Waals surface area contributed by atoms with Gasteiger partial charge < -0.3 is 20.1 Å². The van der Waals surface area contributed by atoms with Crippen molar-refractivity contribution in [2.24, 2.45) is 5.10 Å². The van der Waals surface area contributed by atoms with Gasteiger partial charge in [0.15, 0.2) is 6.61 Å². The largest absolute Gasteiger partial charge is 0.495 e. The standard InChI is InChI=1S/C19H20N4O4/c1-12(13-7-8-17-15(9-13)21-19(25)11-27-17)22-23-18(24)10-20-14-5-3-4-6-16(14)26-2/h3-9,20H,10-11H2,1-2H3,(H,21,25)(H,23,24)/b22-12-. The summed E-state index contributed by atoms with van der Waals surface area (Å²) in [6, 6.07) is 12.7. The molecule has 8 heteroatoms. The number of nitrogens with one attached hydrogen (secondary N) is 3. The summed E-state index contributed by atoms with van der Waals surface area (Å²) in [6.45, 7) is 1.82. The van der Waals surface area contributed by atoms with Crippen molar-refractivity contribution in [2.75, 3.05) is 30.9 Å². The first kappa shape index (κ1) is 18.2. The molecule has 3 N–H and O–H groups in total. The molecule has 0 saturated heterocycles. The second kappa shape index (κ2) is 8.22. The van der Waals surface area contributed by atoms with E-state index in [4.69, 9.17) is 9.47 Å². The van der Waals surface area contributed by atoms with Crippen LogP contribution in [0.3, 0.4) is 0 Å². The number of ether oxygens (including phenoxy) is 2. The molecule has 140 valence electrons. The number of hydrazone groups is 1. The van der Waals surface area contributed by atoms with Crippen LogP contribution >= 0.6 is 0 Å². The third kappa shape index (κ3) is 4.55. The number of carbonyl (C=O) groups excluding carboxylic acids is 2. The fourth-order valence-corrected chi connectivity index (χ4v) is 2.52. The number of amides is 2. The second-order valence-electron chi connectivity index (χ2n) is 5.83. The Balaban J connectivity index is 1.59. The summed E-state index contributed by atoms with van der Waals surface area (Å²) in [5.74, 6) is 0.763. The molecule has 0 aromatic heterocycles. The van der Waals surface area contributed by atoms with Gasteiger partial charge in [-0.15, -0.1) is 0 Å². The SMILES string of the molecule is COc1ccccc1NCC(=O)N/N=C(/C)c1ccc2c(c1)NC(=O)CO2. The van der Waals surface area contributed by atoms with Gasteiger partial charge in [0.2, 0.25) is 0 Å². The fraction of sp³-hybridized carbons (Fsp3) is 0.211. The molecule has 2 amide bonds. The maximum atomic E-state index is 12.0. The van der Waals surface area contributed by atoms with Gasteiger partial charge >= 0.3 is 0 Å². The highest BCUT2D eigenvalue weighted by molar-refractivity contribution is 6.02. The van der Waals surface area contributed by atoms with Crippen molar-refractivity contribution in [3.8, 4) is 11.5 Å². The number of benzene rings is 2. The summed E-state index contributed by atoms with van der Waals surface area (Å²) in [5, 5.41) is 9.85. The Morgan fingerprint density at radius 1 is 1.30 bits per heavy atom. The van der Waals surface area contributed by atoms with Gasteiger partial charge in [-0.1, -0.05) is 12.1 Å². The van der Waals surface area contributed by atoms with Crippen molar-refractivity contribution < 1.29 is 19.1 Å². The van der Waals surface area contributed by atoms with Crippen LogP contribution in [-0.2, 0) is 9.59 Å². The average Bonchev–Trinajstić information content (AvgIpc) is 2.70. The quantitative estimate of drug-likeness (QED) is 0.535. The Bertz CT molecular complexity index is 895. The predicted molar refractivity (Wildman–Crippen MR) is 102 cm³/mol. The van der Waals surface area contributed by atoms with Crippen LogP contribution in [0.5, 0.6) is 11.5 Å². The molecular weight excluding hydrogens is 348 g/mol. The molecule has 0 fully saturated rings. The van der Waals surface area contributed by atoms with E-state index in [2.05, 4.69) is 21.2 Å². The summed E-state index contributed by atoms with van der Waals surface area (Å²) >= 11 is 0.